The molecule has 0 saturated carbocycles. The number of ether oxygens (including phenoxy) is 1. The van der Waals surface area contributed by atoms with E-state index in [1.165, 1.54) is 36.4 Å². The van der Waals surface area contributed by atoms with Crippen molar-refractivity contribution >= 4 is 0 Å². The molecular formula is C23H23NO7. The van der Waals surface area contributed by atoms with Gasteiger partial charge in [0.25, 0.3) is 0 Å². The summed E-state index contributed by atoms with van der Waals surface area (Å²) in [5, 5.41) is 62.1. The van der Waals surface area contributed by atoms with E-state index in [-0.39, 0.29) is 40.5 Å². The molecule has 0 saturated heterocycles. The van der Waals surface area contributed by atoms with E-state index in [1.807, 2.05) is 0 Å². The number of phenolic OH excluding ortho intramolecular Hbond substituents is 6. The second-order valence-electron chi connectivity index (χ2n) is 7.57. The normalized spacial score (nSPS) is 17.7. The molecule has 1 aliphatic heterocycles. The van der Waals surface area contributed by atoms with Crippen LogP contribution in [0, 0.1) is 0 Å². The minimum Gasteiger partial charge on any atom is -0.508 e. The molecule has 0 aliphatic carbocycles. The predicted octanol–water partition coefficient (Wildman–Crippen LogP) is 2.80. The van der Waals surface area contributed by atoms with Crippen LogP contribution in [0.4, 0.5) is 0 Å². The van der Waals surface area contributed by atoms with Gasteiger partial charge in [-0.25, -0.2) is 0 Å². The van der Waals surface area contributed by atoms with Crippen molar-refractivity contribution in [3.05, 3.63) is 65.2 Å². The Kier molecular flexibility index (Phi) is 5.39. The number of fused-ring (bicyclic) bond motifs is 1. The van der Waals surface area contributed by atoms with E-state index >= 15 is 0 Å². The Morgan fingerprint density at radius 2 is 1.48 bits per heavy atom. The van der Waals surface area contributed by atoms with Crippen LogP contribution < -0.4 is 10.1 Å². The first-order chi connectivity index (χ1) is 14.8. The summed E-state index contributed by atoms with van der Waals surface area (Å²) in [6, 6.07) is 11.5. The molecular weight excluding hydrogens is 402 g/mol. The van der Waals surface area contributed by atoms with Gasteiger partial charge in [-0.15, -0.1) is 0 Å². The SMILES string of the molecule is Oc1cc(O)c2c(c1)OC(c1ccc(O)c(O)c1)[C@H](NCCc1ccc(O)c(O)c1)C2. The highest BCUT2D eigenvalue weighted by atomic mass is 16.5. The molecule has 162 valence electrons. The van der Waals surface area contributed by atoms with Crippen LogP contribution in [-0.2, 0) is 12.8 Å². The number of aromatic hydroxyl groups is 6. The van der Waals surface area contributed by atoms with Crippen molar-refractivity contribution < 1.29 is 35.4 Å². The quantitative estimate of drug-likeness (QED) is 0.309. The largest absolute Gasteiger partial charge is 0.508 e. The van der Waals surface area contributed by atoms with Crippen molar-refractivity contribution in [1.82, 2.24) is 5.32 Å². The number of benzene rings is 3. The van der Waals surface area contributed by atoms with Crippen molar-refractivity contribution in [2.24, 2.45) is 0 Å². The molecule has 8 nitrogen and oxygen atoms in total. The van der Waals surface area contributed by atoms with Gasteiger partial charge < -0.3 is 40.7 Å². The number of hydrogen-bond acceptors (Lipinski definition) is 8. The molecule has 0 aromatic heterocycles. The molecule has 0 amide bonds. The van der Waals surface area contributed by atoms with Gasteiger partial charge >= 0.3 is 0 Å². The lowest BCUT2D eigenvalue weighted by Crippen LogP contribution is -2.42. The van der Waals surface area contributed by atoms with Gasteiger partial charge in [-0.3, -0.25) is 0 Å². The average molecular weight is 425 g/mol. The average Bonchev–Trinajstić information content (AvgIpc) is 2.72. The highest BCUT2D eigenvalue weighted by molar-refractivity contribution is 5.52. The molecule has 31 heavy (non-hydrogen) atoms. The van der Waals surface area contributed by atoms with Gasteiger partial charge in [0.2, 0.25) is 0 Å². The Labute approximate surface area is 178 Å². The lowest BCUT2D eigenvalue weighted by atomic mass is 9.91. The maximum absolute atomic E-state index is 10.3. The zero-order chi connectivity index (χ0) is 22.1. The fourth-order valence-corrected chi connectivity index (χ4v) is 3.80. The van der Waals surface area contributed by atoms with Gasteiger partial charge in [0.05, 0.1) is 6.04 Å². The molecule has 3 aromatic rings. The van der Waals surface area contributed by atoms with Gasteiger partial charge in [-0.1, -0.05) is 12.1 Å². The molecule has 0 radical (unpaired) electrons. The van der Waals surface area contributed by atoms with E-state index in [0.717, 1.165) is 5.56 Å². The smallest absolute Gasteiger partial charge is 0.157 e. The van der Waals surface area contributed by atoms with Crippen molar-refractivity contribution in [3.8, 4) is 40.2 Å². The number of rotatable bonds is 5. The van der Waals surface area contributed by atoms with Crippen LogP contribution in [-0.4, -0.2) is 43.2 Å². The third kappa shape index (κ3) is 4.24. The summed E-state index contributed by atoms with van der Waals surface area (Å²) in [5.74, 6) is -0.735. The van der Waals surface area contributed by atoms with E-state index in [2.05, 4.69) is 5.32 Å². The number of phenols is 6. The standard InChI is InChI=1S/C23H23NO7/c25-14-9-19(28)15-11-16(24-6-5-12-1-3-17(26)20(29)7-12)23(31-22(15)10-14)13-2-4-18(27)21(30)8-13/h1-4,7-10,16,23-30H,5-6,11H2/t16-,23?/m1/s1. The van der Waals surface area contributed by atoms with Crippen LogP contribution in [0.15, 0.2) is 48.5 Å². The van der Waals surface area contributed by atoms with Crippen LogP contribution in [0.3, 0.4) is 0 Å². The van der Waals surface area contributed by atoms with Gasteiger partial charge in [0, 0.05) is 17.7 Å². The molecule has 8 heteroatoms. The Morgan fingerprint density at radius 3 is 2.19 bits per heavy atom. The first kappa shape index (κ1) is 20.5. The van der Waals surface area contributed by atoms with Gasteiger partial charge in [0.15, 0.2) is 23.0 Å². The Balaban J connectivity index is 1.58. The first-order valence-electron chi connectivity index (χ1n) is 9.79. The van der Waals surface area contributed by atoms with Crippen molar-refractivity contribution in [3.63, 3.8) is 0 Å². The fraction of sp³-hybridized carbons (Fsp3) is 0.217. The van der Waals surface area contributed by atoms with Crippen LogP contribution in [0.1, 0.15) is 22.8 Å². The fourth-order valence-electron chi connectivity index (χ4n) is 3.80. The van der Waals surface area contributed by atoms with E-state index in [1.54, 1.807) is 12.1 Å². The molecule has 7 N–H and O–H groups in total. The van der Waals surface area contributed by atoms with Gasteiger partial charge in [0.1, 0.15) is 23.4 Å². The molecule has 0 spiro atoms. The second-order valence-corrected chi connectivity index (χ2v) is 7.57. The highest BCUT2D eigenvalue weighted by Gasteiger charge is 2.33. The Hall–Kier alpha value is -3.78. The minimum atomic E-state index is -0.562. The summed E-state index contributed by atoms with van der Waals surface area (Å²) >= 11 is 0. The summed E-state index contributed by atoms with van der Waals surface area (Å²) in [4.78, 5) is 0. The Morgan fingerprint density at radius 1 is 0.774 bits per heavy atom. The monoisotopic (exact) mass is 425 g/mol. The molecule has 1 heterocycles. The topological polar surface area (TPSA) is 143 Å². The molecule has 0 bridgehead atoms. The minimum absolute atomic E-state index is 0.0720. The Bertz CT molecular complexity index is 1120. The van der Waals surface area contributed by atoms with Crippen LogP contribution in [0.2, 0.25) is 0 Å². The van der Waals surface area contributed by atoms with Crippen molar-refractivity contribution in [2.75, 3.05) is 6.54 Å². The van der Waals surface area contributed by atoms with Gasteiger partial charge in [-0.05, 0) is 54.8 Å². The molecule has 0 fully saturated rings. The summed E-state index contributed by atoms with van der Waals surface area (Å²) in [6.07, 6.45) is 0.398. The maximum atomic E-state index is 10.3. The molecule has 3 aromatic carbocycles. The van der Waals surface area contributed by atoms with E-state index < -0.39 is 6.10 Å². The third-order valence-corrected chi connectivity index (χ3v) is 5.40. The highest BCUT2D eigenvalue weighted by Crippen LogP contribution is 2.42. The van der Waals surface area contributed by atoms with Crippen LogP contribution in [0.25, 0.3) is 0 Å². The van der Waals surface area contributed by atoms with E-state index in [0.29, 0.717) is 36.3 Å². The zero-order valence-electron chi connectivity index (χ0n) is 16.5. The first-order valence-corrected chi connectivity index (χ1v) is 9.79. The summed E-state index contributed by atoms with van der Waals surface area (Å²) in [6.45, 7) is 0.507. The lowest BCUT2D eigenvalue weighted by molar-refractivity contribution is 0.132. The molecule has 2 atom stereocenters. The van der Waals surface area contributed by atoms with Crippen LogP contribution in [0.5, 0.6) is 40.2 Å². The second kappa shape index (κ2) is 8.16. The van der Waals surface area contributed by atoms with Crippen LogP contribution >= 0.6 is 0 Å². The molecule has 4 rings (SSSR count). The van der Waals surface area contributed by atoms with E-state index in [4.69, 9.17) is 4.74 Å². The predicted molar refractivity (Wildman–Crippen MR) is 112 cm³/mol. The summed E-state index contributed by atoms with van der Waals surface area (Å²) in [7, 11) is 0. The summed E-state index contributed by atoms with van der Waals surface area (Å²) < 4.78 is 6.08. The molecule has 1 aliphatic rings. The van der Waals surface area contributed by atoms with E-state index in [9.17, 15) is 30.6 Å². The van der Waals surface area contributed by atoms with Gasteiger partial charge in [-0.2, -0.15) is 0 Å². The lowest BCUT2D eigenvalue weighted by Gasteiger charge is -2.35. The van der Waals surface area contributed by atoms with Crippen molar-refractivity contribution in [1.29, 1.82) is 0 Å². The molecule has 1 unspecified atom stereocenters. The number of hydrogen-bond donors (Lipinski definition) is 7. The third-order valence-electron chi connectivity index (χ3n) is 5.40. The zero-order valence-corrected chi connectivity index (χ0v) is 16.5. The summed E-state index contributed by atoms with van der Waals surface area (Å²) in [5.41, 5.74) is 1.99. The maximum Gasteiger partial charge on any atom is 0.157 e. The number of nitrogens with one attached hydrogen (secondary N) is 1. The van der Waals surface area contributed by atoms with Crippen molar-refractivity contribution in [2.45, 2.75) is 25.0 Å².